The number of rotatable bonds is 60. The van der Waals surface area contributed by atoms with Gasteiger partial charge >= 0.3 is 17.9 Å². The average molecular weight is 1050 g/mol. The molecule has 1 atom stereocenters. The Balaban J connectivity index is 4.34. The number of carbonyl (C=O) groups is 3. The van der Waals surface area contributed by atoms with Crippen LogP contribution in [-0.4, -0.2) is 37.2 Å². The molecule has 1 unspecified atom stereocenters. The van der Waals surface area contributed by atoms with Gasteiger partial charge in [-0.25, -0.2) is 0 Å². The summed E-state index contributed by atoms with van der Waals surface area (Å²) in [7, 11) is 0. The summed E-state index contributed by atoms with van der Waals surface area (Å²) >= 11 is 0. The Bertz CT molecular complexity index is 1340. The minimum atomic E-state index is -0.781. The van der Waals surface area contributed by atoms with Crippen LogP contribution in [0, 0.1) is 0 Å². The van der Waals surface area contributed by atoms with Crippen LogP contribution >= 0.6 is 0 Å². The lowest BCUT2D eigenvalue weighted by molar-refractivity contribution is -0.167. The van der Waals surface area contributed by atoms with Gasteiger partial charge in [0.05, 0.1) is 0 Å². The van der Waals surface area contributed by atoms with Gasteiger partial charge in [-0.1, -0.05) is 293 Å². The molecule has 0 bridgehead atoms. The SMILES string of the molecule is CCCCC/C=C\C/C=C\C/C=C\CCCCCCCCC(=O)OC(COC(=O)CCCCCCCCCCCCC/C=C\C/C=C\CCCCCCC)COC(=O)CCCCCCCCCCCCCCCCC. The van der Waals surface area contributed by atoms with E-state index < -0.39 is 6.10 Å². The molecule has 0 aromatic rings. The number of hydrogen-bond acceptors (Lipinski definition) is 6. The molecule has 0 aromatic carbocycles. The molecule has 0 rings (SSSR count). The fourth-order valence-electron chi connectivity index (χ4n) is 9.54. The van der Waals surface area contributed by atoms with Crippen LogP contribution in [0.1, 0.15) is 342 Å². The average Bonchev–Trinajstić information content (AvgIpc) is 3.41. The van der Waals surface area contributed by atoms with E-state index in [1.165, 1.54) is 212 Å². The highest BCUT2D eigenvalue weighted by atomic mass is 16.6. The second kappa shape index (κ2) is 63.6. The fourth-order valence-corrected chi connectivity index (χ4v) is 9.54. The number of allylic oxidation sites excluding steroid dienone is 10. The maximum Gasteiger partial charge on any atom is 0.306 e. The maximum atomic E-state index is 12.9. The van der Waals surface area contributed by atoms with Crippen LogP contribution in [0.3, 0.4) is 0 Å². The molecule has 0 saturated carbocycles. The molecule has 0 aliphatic heterocycles. The van der Waals surface area contributed by atoms with E-state index in [1.54, 1.807) is 0 Å². The Morgan fingerprint density at radius 3 is 0.773 bits per heavy atom. The van der Waals surface area contributed by atoms with E-state index in [-0.39, 0.29) is 31.1 Å². The lowest BCUT2D eigenvalue weighted by Crippen LogP contribution is -2.30. The molecule has 0 N–H and O–H groups in total. The normalized spacial score (nSPS) is 12.4. The van der Waals surface area contributed by atoms with Crippen LogP contribution in [0.25, 0.3) is 0 Å². The molecule has 0 spiro atoms. The van der Waals surface area contributed by atoms with E-state index in [1.807, 2.05) is 0 Å². The summed E-state index contributed by atoms with van der Waals surface area (Å²) in [5, 5.41) is 0. The van der Waals surface area contributed by atoms with Crippen molar-refractivity contribution in [2.45, 2.75) is 348 Å². The van der Waals surface area contributed by atoms with Crippen molar-refractivity contribution in [1.82, 2.24) is 0 Å². The first-order chi connectivity index (χ1) is 37.0. The molecule has 6 nitrogen and oxygen atoms in total. The highest BCUT2D eigenvalue weighted by molar-refractivity contribution is 5.71. The lowest BCUT2D eigenvalue weighted by atomic mass is 10.0. The molecule has 0 radical (unpaired) electrons. The number of esters is 3. The van der Waals surface area contributed by atoms with Crippen molar-refractivity contribution in [3.63, 3.8) is 0 Å². The lowest BCUT2D eigenvalue weighted by Gasteiger charge is -2.18. The monoisotopic (exact) mass is 1050 g/mol. The molecule has 6 heteroatoms. The van der Waals surface area contributed by atoms with Crippen LogP contribution in [-0.2, 0) is 28.6 Å². The van der Waals surface area contributed by atoms with Crippen LogP contribution < -0.4 is 0 Å². The summed E-state index contributed by atoms with van der Waals surface area (Å²) in [6.07, 6.45) is 80.8. The number of unbranched alkanes of at least 4 members (excludes halogenated alkanes) is 39. The van der Waals surface area contributed by atoms with Crippen LogP contribution in [0.5, 0.6) is 0 Å². The Morgan fingerprint density at radius 1 is 0.267 bits per heavy atom. The second-order valence-corrected chi connectivity index (χ2v) is 22.0. The van der Waals surface area contributed by atoms with Crippen molar-refractivity contribution in [2.24, 2.45) is 0 Å². The van der Waals surface area contributed by atoms with Gasteiger partial charge in [-0.3, -0.25) is 14.4 Å². The number of carbonyl (C=O) groups excluding carboxylic acids is 3. The largest absolute Gasteiger partial charge is 0.462 e. The topological polar surface area (TPSA) is 78.9 Å². The molecule has 0 aromatic heterocycles. The highest BCUT2D eigenvalue weighted by Gasteiger charge is 2.19. The van der Waals surface area contributed by atoms with Crippen molar-refractivity contribution in [3.05, 3.63) is 60.8 Å². The standard InChI is InChI=1S/C69H124O6/c1-4-7-10-13-16-19-22-25-28-30-32-33-34-35-37-38-41-44-47-50-53-56-59-62-68(71)74-65-66(64-73-67(70)61-58-55-52-49-46-43-40-27-24-21-18-15-12-9-6-3)75-69(72)63-60-57-54-51-48-45-42-39-36-31-29-26-23-20-17-14-11-8-5-2/h17,20,22,25-26,29-30,32,36,39,66H,4-16,18-19,21,23-24,27-28,31,33-35,37-38,40-65H2,1-3H3/b20-17-,25-22-,29-26-,32-30-,39-36-. The molecule has 0 amide bonds. The number of hydrogen-bond donors (Lipinski definition) is 0. The Hall–Kier alpha value is -2.89. The summed E-state index contributed by atoms with van der Waals surface area (Å²) in [4.78, 5) is 38.4. The summed E-state index contributed by atoms with van der Waals surface area (Å²) in [5.41, 5.74) is 0. The third-order valence-corrected chi connectivity index (χ3v) is 14.5. The van der Waals surface area contributed by atoms with Gasteiger partial charge in [0.1, 0.15) is 13.2 Å². The first-order valence-electron chi connectivity index (χ1n) is 32.8. The molecular weight excluding hydrogens is 925 g/mol. The van der Waals surface area contributed by atoms with Gasteiger partial charge < -0.3 is 14.2 Å². The Morgan fingerprint density at radius 2 is 0.480 bits per heavy atom. The van der Waals surface area contributed by atoms with Crippen molar-refractivity contribution in [2.75, 3.05) is 13.2 Å². The zero-order valence-electron chi connectivity index (χ0n) is 50.1. The quantitative estimate of drug-likeness (QED) is 0.0261. The summed E-state index contributed by atoms with van der Waals surface area (Å²) in [6.45, 7) is 6.64. The van der Waals surface area contributed by atoms with Gasteiger partial charge in [-0.2, -0.15) is 0 Å². The summed E-state index contributed by atoms with van der Waals surface area (Å²) < 4.78 is 17.0. The van der Waals surface area contributed by atoms with Crippen LogP contribution in [0.4, 0.5) is 0 Å². The van der Waals surface area contributed by atoms with Gasteiger partial charge in [0.25, 0.3) is 0 Å². The smallest absolute Gasteiger partial charge is 0.306 e. The first-order valence-corrected chi connectivity index (χ1v) is 32.8. The van der Waals surface area contributed by atoms with E-state index in [9.17, 15) is 14.4 Å². The second-order valence-electron chi connectivity index (χ2n) is 22.0. The van der Waals surface area contributed by atoms with E-state index in [0.717, 1.165) is 89.9 Å². The predicted octanol–water partition coefficient (Wildman–Crippen LogP) is 22.3. The van der Waals surface area contributed by atoms with Crippen LogP contribution in [0.15, 0.2) is 60.8 Å². The Labute approximate surface area is 466 Å². The molecule has 0 heterocycles. The van der Waals surface area contributed by atoms with Gasteiger partial charge in [-0.15, -0.1) is 0 Å². The van der Waals surface area contributed by atoms with Crippen molar-refractivity contribution < 1.29 is 28.6 Å². The summed E-state index contributed by atoms with van der Waals surface area (Å²) in [5.74, 6) is -0.872. The van der Waals surface area contributed by atoms with Crippen molar-refractivity contribution in [1.29, 1.82) is 0 Å². The highest BCUT2D eigenvalue weighted by Crippen LogP contribution is 2.17. The van der Waals surface area contributed by atoms with E-state index in [0.29, 0.717) is 19.3 Å². The third kappa shape index (κ3) is 61.8. The van der Waals surface area contributed by atoms with Gasteiger partial charge in [0, 0.05) is 19.3 Å². The molecule has 0 saturated heterocycles. The van der Waals surface area contributed by atoms with E-state index in [4.69, 9.17) is 14.2 Å². The summed E-state index contributed by atoms with van der Waals surface area (Å²) in [6, 6.07) is 0. The van der Waals surface area contributed by atoms with Gasteiger partial charge in [0.2, 0.25) is 0 Å². The minimum Gasteiger partial charge on any atom is -0.462 e. The van der Waals surface area contributed by atoms with E-state index in [2.05, 4.69) is 81.5 Å². The molecule has 0 fully saturated rings. The fraction of sp³-hybridized carbons (Fsp3) is 0.812. The Kier molecular flexibility index (Phi) is 61.2. The van der Waals surface area contributed by atoms with Crippen LogP contribution in [0.2, 0.25) is 0 Å². The maximum absolute atomic E-state index is 12.9. The molecule has 0 aliphatic rings. The molecule has 436 valence electrons. The van der Waals surface area contributed by atoms with Crippen molar-refractivity contribution >= 4 is 17.9 Å². The molecule has 0 aliphatic carbocycles. The predicted molar refractivity (Wildman–Crippen MR) is 325 cm³/mol. The minimum absolute atomic E-state index is 0.0767. The van der Waals surface area contributed by atoms with E-state index >= 15 is 0 Å². The van der Waals surface area contributed by atoms with Gasteiger partial charge in [-0.05, 0) is 89.9 Å². The number of ether oxygens (including phenoxy) is 3. The molecule has 75 heavy (non-hydrogen) atoms. The zero-order chi connectivity index (χ0) is 54.3. The van der Waals surface area contributed by atoms with Gasteiger partial charge in [0.15, 0.2) is 6.10 Å². The molecular formula is C69H124O6. The zero-order valence-corrected chi connectivity index (χ0v) is 50.1. The van der Waals surface area contributed by atoms with Crippen molar-refractivity contribution in [3.8, 4) is 0 Å². The first kappa shape index (κ1) is 72.1. The third-order valence-electron chi connectivity index (χ3n) is 14.5.